The first-order valence-electron chi connectivity index (χ1n) is 11.2. The first-order chi connectivity index (χ1) is 18.2. The molecule has 1 aliphatic heterocycles. The van der Waals surface area contributed by atoms with Crippen LogP contribution in [-0.4, -0.2) is 42.7 Å². The van der Waals surface area contributed by atoms with Crippen molar-refractivity contribution in [3.8, 4) is 11.5 Å². The van der Waals surface area contributed by atoms with E-state index in [-0.39, 0.29) is 39.8 Å². The van der Waals surface area contributed by atoms with Gasteiger partial charge in [-0.05, 0) is 66.3 Å². The summed E-state index contributed by atoms with van der Waals surface area (Å²) in [5, 5.41) is 0.402. The fourth-order valence-electron chi connectivity index (χ4n) is 3.71. The number of benzene rings is 3. The third kappa shape index (κ3) is 5.75. The average molecular weight is 575 g/mol. The number of amides is 1. The molecule has 0 saturated carbocycles. The van der Waals surface area contributed by atoms with Crippen molar-refractivity contribution in [3.05, 3.63) is 93.4 Å². The van der Waals surface area contributed by atoms with Gasteiger partial charge in [-0.3, -0.25) is 14.5 Å². The largest absolute Gasteiger partial charge is 0.497 e. The van der Waals surface area contributed by atoms with Gasteiger partial charge in [0.15, 0.2) is 10.9 Å². The average Bonchev–Trinajstić information content (AvgIpc) is 3.12. The van der Waals surface area contributed by atoms with Crippen molar-refractivity contribution >= 4 is 64.2 Å². The highest BCUT2D eigenvalue weighted by atomic mass is 35.5. The van der Waals surface area contributed by atoms with Crippen molar-refractivity contribution in [2.45, 2.75) is 6.61 Å². The van der Waals surface area contributed by atoms with Crippen LogP contribution in [0.25, 0.3) is 6.08 Å². The predicted octanol–water partition coefficient (Wildman–Crippen LogP) is 5.87. The molecule has 38 heavy (non-hydrogen) atoms. The Bertz CT molecular complexity index is 1410. The maximum atomic E-state index is 14.0. The van der Waals surface area contributed by atoms with Crippen LogP contribution < -0.4 is 14.4 Å². The number of ether oxygens (including phenoxy) is 3. The van der Waals surface area contributed by atoms with E-state index in [4.69, 9.17) is 49.6 Å². The van der Waals surface area contributed by atoms with Gasteiger partial charge in [0.05, 0.1) is 30.0 Å². The van der Waals surface area contributed by atoms with Gasteiger partial charge in [0, 0.05) is 5.56 Å². The molecule has 11 heteroatoms. The molecule has 0 unspecified atom stereocenters. The van der Waals surface area contributed by atoms with Crippen molar-refractivity contribution in [1.82, 2.24) is 4.90 Å². The molecule has 0 N–H and O–H groups in total. The topological polar surface area (TPSA) is 68.3 Å². The zero-order chi connectivity index (χ0) is 27.4. The van der Waals surface area contributed by atoms with Crippen LogP contribution in [-0.2, 0) is 20.9 Å². The lowest BCUT2D eigenvalue weighted by Gasteiger charge is -2.19. The summed E-state index contributed by atoms with van der Waals surface area (Å²) in [4.78, 5) is 28.3. The van der Waals surface area contributed by atoms with E-state index in [1.54, 1.807) is 54.6 Å². The predicted molar refractivity (Wildman–Crippen MR) is 147 cm³/mol. The number of anilines is 1. The molecule has 0 atom stereocenters. The highest BCUT2D eigenvalue weighted by molar-refractivity contribution is 7.80. The molecular weight excluding hydrogens is 554 g/mol. The SMILES string of the molecule is COC(=O)CN1C(=S)N(c2ccc(OC)cc2)C(=O)/C1=C/c1cc(Cl)c(OCc2ccccc2F)c(Cl)c1. The Morgan fingerprint density at radius 3 is 2.32 bits per heavy atom. The number of hydrogen-bond donors (Lipinski definition) is 0. The summed E-state index contributed by atoms with van der Waals surface area (Å²) in [6.45, 7) is -0.367. The van der Waals surface area contributed by atoms with Crippen LogP contribution in [0.5, 0.6) is 11.5 Å². The smallest absolute Gasteiger partial charge is 0.325 e. The molecule has 3 aromatic carbocycles. The third-order valence-electron chi connectivity index (χ3n) is 5.63. The molecule has 4 rings (SSSR count). The minimum absolute atomic E-state index is 0.0803. The van der Waals surface area contributed by atoms with Crippen LogP contribution in [0.15, 0.2) is 66.4 Å². The summed E-state index contributed by atoms with van der Waals surface area (Å²) in [5.41, 5.74) is 1.40. The zero-order valence-corrected chi connectivity index (χ0v) is 22.6. The van der Waals surface area contributed by atoms with Crippen molar-refractivity contribution in [2.24, 2.45) is 0 Å². The van der Waals surface area contributed by atoms with Gasteiger partial charge in [-0.25, -0.2) is 4.39 Å². The van der Waals surface area contributed by atoms with E-state index in [2.05, 4.69) is 0 Å². The van der Waals surface area contributed by atoms with Gasteiger partial charge in [-0.1, -0.05) is 41.4 Å². The number of thiocarbonyl (C=S) groups is 1. The molecule has 1 saturated heterocycles. The van der Waals surface area contributed by atoms with Gasteiger partial charge >= 0.3 is 5.97 Å². The molecule has 1 aliphatic rings. The maximum Gasteiger partial charge on any atom is 0.325 e. The number of hydrogen-bond acceptors (Lipinski definition) is 6. The van der Waals surface area contributed by atoms with Gasteiger partial charge in [0.1, 0.15) is 30.4 Å². The molecule has 7 nitrogen and oxygen atoms in total. The van der Waals surface area contributed by atoms with Crippen LogP contribution >= 0.6 is 35.4 Å². The highest BCUT2D eigenvalue weighted by Gasteiger charge is 2.40. The lowest BCUT2D eigenvalue weighted by atomic mass is 10.1. The molecule has 0 radical (unpaired) electrons. The summed E-state index contributed by atoms with van der Waals surface area (Å²) in [6.07, 6.45) is 1.51. The molecule has 1 heterocycles. The summed E-state index contributed by atoms with van der Waals surface area (Å²) in [6, 6.07) is 16.0. The molecular formula is C27H21Cl2FN2O5S. The summed E-state index contributed by atoms with van der Waals surface area (Å²) >= 11 is 18.4. The quantitative estimate of drug-likeness (QED) is 0.189. The number of carbonyl (C=O) groups is 2. The lowest BCUT2D eigenvalue weighted by Crippen LogP contribution is -2.35. The number of esters is 1. The minimum atomic E-state index is -0.587. The summed E-state index contributed by atoms with van der Waals surface area (Å²) < 4.78 is 29.6. The van der Waals surface area contributed by atoms with Crippen molar-refractivity contribution < 1.29 is 28.2 Å². The third-order valence-corrected chi connectivity index (χ3v) is 6.60. The second-order valence-electron chi connectivity index (χ2n) is 8.01. The van der Waals surface area contributed by atoms with Crippen molar-refractivity contribution in [1.29, 1.82) is 0 Å². The molecule has 3 aromatic rings. The van der Waals surface area contributed by atoms with E-state index >= 15 is 0 Å². The Labute approximate surface area is 233 Å². The lowest BCUT2D eigenvalue weighted by molar-refractivity contribution is -0.140. The van der Waals surface area contributed by atoms with Crippen molar-refractivity contribution in [2.75, 3.05) is 25.7 Å². The Balaban J connectivity index is 1.66. The zero-order valence-electron chi connectivity index (χ0n) is 20.2. The van der Waals surface area contributed by atoms with Crippen LogP contribution in [0.4, 0.5) is 10.1 Å². The molecule has 0 aliphatic carbocycles. The van der Waals surface area contributed by atoms with Gasteiger partial charge < -0.3 is 19.1 Å². The fourth-order valence-corrected chi connectivity index (χ4v) is 4.67. The normalized spacial score (nSPS) is 14.3. The monoisotopic (exact) mass is 574 g/mol. The standard InChI is InChI=1S/C27H21Cl2FN2O5S/c1-35-19-9-7-18(8-10-19)32-26(34)23(31(27(32)38)14-24(33)36-2)13-16-11-20(28)25(21(29)12-16)37-15-17-5-3-4-6-22(17)30/h3-13H,14-15H2,1-2H3/b23-13-. The Hall–Kier alpha value is -3.66. The van der Waals surface area contributed by atoms with Crippen LogP contribution in [0, 0.1) is 5.82 Å². The first-order valence-corrected chi connectivity index (χ1v) is 12.3. The molecule has 0 spiro atoms. The van der Waals surface area contributed by atoms with Crippen molar-refractivity contribution in [3.63, 3.8) is 0 Å². The van der Waals surface area contributed by atoms with E-state index in [9.17, 15) is 14.0 Å². The minimum Gasteiger partial charge on any atom is -0.497 e. The van der Waals surface area contributed by atoms with E-state index in [1.165, 1.54) is 36.2 Å². The van der Waals surface area contributed by atoms with E-state index in [1.807, 2.05) is 0 Å². The number of nitrogens with zero attached hydrogens (tertiary/aromatic N) is 2. The second kappa shape index (κ2) is 11.8. The number of halogens is 3. The van der Waals surface area contributed by atoms with Gasteiger partial charge in [0.25, 0.3) is 5.91 Å². The number of rotatable bonds is 8. The molecule has 0 aromatic heterocycles. The highest BCUT2D eigenvalue weighted by Crippen LogP contribution is 2.37. The van der Waals surface area contributed by atoms with Gasteiger partial charge in [-0.2, -0.15) is 0 Å². The molecule has 196 valence electrons. The molecule has 1 fully saturated rings. The molecule has 0 bridgehead atoms. The van der Waals surface area contributed by atoms with Crippen LogP contribution in [0.3, 0.4) is 0 Å². The van der Waals surface area contributed by atoms with E-state index < -0.39 is 17.7 Å². The van der Waals surface area contributed by atoms with Gasteiger partial charge in [-0.15, -0.1) is 0 Å². The first kappa shape index (κ1) is 27.4. The fraction of sp³-hybridized carbons (Fsp3) is 0.148. The second-order valence-corrected chi connectivity index (χ2v) is 9.19. The van der Waals surface area contributed by atoms with E-state index in [0.717, 1.165) is 0 Å². The summed E-state index contributed by atoms with van der Waals surface area (Å²) in [5.74, 6) is -0.691. The van der Waals surface area contributed by atoms with Crippen LogP contribution in [0.1, 0.15) is 11.1 Å². The van der Waals surface area contributed by atoms with Crippen LogP contribution in [0.2, 0.25) is 10.0 Å². The Morgan fingerprint density at radius 1 is 1.05 bits per heavy atom. The Morgan fingerprint density at radius 2 is 1.71 bits per heavy atom. The Kier molecular flexibility index (Phi) is 8.51. The maximum absolute atomic E-state index is 14.0. The van der Waals surface area contributed by atoms with E-state index in [0.29, 0.717) is 22.6 Å². The summed E-state index contributed by atoms with van der Waals surface area (Å²) in [7, 11) is 2.78. The number of methoxy groups -OCH3 is 2. The van der Waals surface area contributed by atoms with Gasteiger partial charge in [0.2, 0.25) is 0 Å². The molecule has 1 amide bonds. The number of carbonyl (C=O) groups excluding carboxylic acids is 2.